The van der Waals surface area contributed by atoms with Crippen molar-refractivity contribution in [3.05, 3.63) is 66.4 Å². The Kier molecular flexibility index (Phi) is 6.26. The van der Waals surface area contributed by atoms with Gasteiger partial charge in [0.1, 0.15) is 5.82 Å². The monoisotopic (exact) mass is 417 g/mol. The molecule has 0 radical (unpaired) electrons. The van der Waals surface area contributed by atoms with Crippen LogP contribution < -0.4 is 10.6 Å². The number of nitrogens with zero attached hydrogens (tertiary/aromatic N) is 4. The number of benzene rings is 1. The van der Waals surface area contributed by atoms with Crippen molar-refractivity contribution in [1.82, 2.24) is 29.9 Å². The van der Waals surface area contributed by atoms with E-state index in [-0.39, 0.29) is 5.91 Å². The minimum atomic E-state index is -0.0489. The lowest BCUT2D eigenvalue weighted by Crippen LogP contribution is -2.25. The first-order valence-electron chi connectivity index (χ1n) is 10.5. The number of H-pyrrole nitrogens is 1. The number of aromatic nitrogens is 5. The molecule has 3 N–H and O–H groups in total. The van der Waals surface area contributed by atoms with Gasteiger partial charge < -0.3 is 15.6 Å². The molecular formula is C23H27N7O. The summed E-state index contributed by atoms with van der Waals surface area (Å²) in [5.74, 6) is 1.29. The maximum absolute atomic E-state index is 12.3. The van der Waals surface area contributed by atoms with Gasteiger partial charge in [0.2, 0.25) is 0 Å². The molecule has 0 saturated carbocycles. The van der Waals surface area contributed by atoms with Gasteiger partial charge in [-0.2, -0.15) is 0 Å². The second-order valence-electron chi connectivity index (χ2n) is 7.90. The number of rotatable bonds is 9. The fourth-order valence-corrected chi connectivity index (χ4v) is 3.28. The van der Waals surface area contributed by atoms with Gasteiger partial charge in [0.05, 0.1) is 18.2 Å². The molecule has 3 heterocycles. The van der Waals surface area contributed by atoms with Crippen molar-refractivity contribution in [2.24, 2.45) is 5.92 Å². The third-order valence-electron chi connectivity index (χ3n) is 5.07. The molecule has 0 bridgehead atoms. The molecule has 8 heteroatoms. The summed E-state index contributed by atoms with van der Waals surface area (Å²) < 4.78 is 1.82. The molecular weight excluding hydrogens is 390 g/mol. The van der Waals surface area contributed by atoms with Gasteiger partial charge in [-0.1, -0.05) is 26.0 Å². The van der Waals surface area contributed by atoms with Crippen LogP contribution >= 0.6 is 0 Å². The van der Waals surface area contributed by atoms with E-state index >= 15 is 0 Å². The number of nitrogens with one attached hydrogen (secondary N) is 3. The molecule has 0 saturated heterocycles. The number of aromatic amines is 1. The topological polar surface area (TPSA) is 100 Å². The second-order valence-corrected chi connectivity index (χ2v) is 7.90. The number of carbonyl (C=O) groups is 1. The SMILES string of the molecule is CC(C)CCNC(=O)c1ccc(-c2cnc3ccc(NCCc4cnc[nH]4)nn23)cc1. The summed E-state index contributed by atoms with van der Waals surface area (Å²) >= 11 is 0. The predicted octanol–water partition coefficient (Wildman–Crippen LogP) is 3.55. The van der Waals surface area contributed by atoms with Crippen molar-refractivity contribution >= 4 is 17.4 Å². The van der Waals surface area contributed by atoms with Crippen LogP contribution in [-0.4, -0.2) is 43.6 Å². The van der Waals surface area contributed by atoms with E-state index in [1.807, 2.05) is 47.1 Å². The minimum Gasteiger partial charge on any atom is -0.368 e. The Morgan fingerprint density at radius 2 is 1.94 bits per heavy atom. The second kappa shape index (κ2) is 9.42. The summed E-state index contributed by atoms with van der Waals surface area (Å²) in [6, 6.07) is 11.4. The Bertz CT molecular complexity index is 1130. The molecule has 0 atom stereocenters. The van der Waals surface area contributed by atoms with Crippen LogP contribution in [0.1, 0.15) is 36.3 Å². The molecule has 4 aromatic rings. The van der Waals surface area contributed by atoms with E-state index in [9.17, 15) is 4.79 Å². The van der Waals surface area contributed by atoms with Crippen LogP contribution in [0.5, 0.6) is 0 Å². The zero-order valence-electron chi connectivity index (χ0n) is 17.8. The number of anilines is 1. The van der Waals surface area contributed by atoms with E-state index in [1.54, 1.807) is 12.5 Å². The van der Waals surface area contributed by atoms with Crippen LogP contribution in [-0.2, 0) is 6.42 Å². The molecule has 160 valence electrons. The number of amides is 1. The van der Waals surface area contributed by atoms with Crippen LogP contribution in [0.2, 0.25) is 0 Å². The molecule has 3 aromatic heterocycles. The molecule has 0 aliphatic carbocycles. The first kappa shape index (κ1) is 20.6. The lowest BCUT2D eigenvalue weighted by atomic mass is 10.1. The standard InChI is InChI=1S/C23H27N7O/c1-16(2)9-11-26-23(31)18-5-3-17(4-6-18)20-14-27-22-8-7-21(29-30(20)22)25-12-10-19-13-24-15-28-19/h3-8,13-16H,9-12H2,1-2H3,(H,24,28)(H,25,29)(H,26,31). The molecule has 1 amide bonds. The predicted molar refractivity (Wildman–Crippen MR) is 121 cm³/mol. The summed E-state index contributed by atoms with van der Waals surface area (Å²) in [6.45, 7) is 5.72. The van der Waals surface area contributed by atoms with Gasteiger partial charge in [-0.05, 0) is 36.6 Å². The highest BCUT2D eigenvalue weighted by molar-refractivity contribution is 5.94. The minimum absolute atomic E-state index is 0.0489. The number of imidazole rings is 2. The third-order valence-corrected chi connectivity index (χ3v) is 5.07. The molecule has 0 aliphatic rings. The summed E-state index contributed by atoms with van der Waals surface area (Å²) in [5, 5.41) is 11.0. The highest BCUT2D eigenvalue weighted by atomic mass is 16.1. The van der Waals surface area contributed by atoms with Crippen LogP contribution in [0.25, 0.3) is 16.9 Å². The van der Waals surface area contributed by atoms with Crippen LogP contribution in [0, 0.1) is 5.92 Å². The molecule has 8 nitrogen and oxygen atoms in total. The van der Waals surface area contributed by atoms with Gasteiger partial charge in [0, 0.05) is 42.5 Å². The van der Waals surface area contributed by atoms with Gasteiger partial charge in [-0.15, -0.1) is 5.10 Å². The van der Waals surface area contributed by atoms with Crippen molar-refractivity contribution in [2.45, 2.75) is 26.7 Å². The maximum atomic E-state index is 12.3. The smallest absolute Gasteiger partial charge is 0.251 e. The first-order valence-corrected chi connectivity index (χ1v) is 10.5. The maximum Gasteiger partial charge on any atom is 0.251 e. The quantitative estimate of drug-likeness (QED) is 0.387. The van der Waals surface area contributed by atoms with E-state index < -0.39 is 0 Å². The van der Waals surface area contributed by atoms with Gasteiger partial charge in [0.25, 0.3) is 5.91 Å². The summed E-state index contributed by atoms with van der Waals surface area (Å²) in [7, 11) is 0. The van der Waals surface area contributed by atoms with Crippen molar-refractivity contribution in [3.8, 4) is 11.3 Å². The highest BCUT2D eigenvalue weighted by Gasteiger charge is 2.10. The third kappa shape index (κ3) is 5.09. The molecule has 0 spiro atoms. The number of fused-ring (bicyclic) bond motifs is 1. The van der Waals surface area contributed by atoms with E-state index in [4.69, 9.17) is 0 Å². The Morgan fingerprint density at radius 1 is 1.10 bits per heavy atom. The summed E-state index contributed by atoms with van der Waals surface area (Å²) in [5.41, 5.74) is 4.32. The fourth-order valence-electron chi connectivity index (χ4n) is 3.28. The van der Waals surface area contributed by atoms with Crippen molar-refractivity contribution < 1.29 is 4.79 Å². The van der Waals surface area contributed by atoms with Crippen LogP contribution in [0.4, 0.5) is 5.82 Å². The van der Waals surface area contributed by atoms with E-state index in [0.29, 0.717) is 18.0 Å². The first-order chi connectivity index (χ1) is 15.1. The van der Waals surface area contributed by atoms with Crippen LogP contribution in [0.3, 0.4) is 0 Å². The zero-order chi connectivity index (χ0) is 21.6. The number of carbonyl (C=O) groups excluding carboxylic acids is 1. The average Bonchev–Trinajstić information content (AvgIpc) is 3.43. The van der Waals surface area contributed by atoms with Gasteiger partial charge >= 0.3 is 0 Å². The normalized spacial score (nSPS) is 11.2. The lowest BCUT2D eigenvalue weighted by molar-refractivity contribution is 0.0952. The molecule has 0 unspecified atom stereocenters. The van der Waals surface area contributed by atoms with E-state index in [1.165, 1.54) is 0 Å². The van der Waals surface area contributed by atoms with Crippen molar-refractivity contribution in [1.29, 1.82) is 0 Å². The van der Waals surface area contributed by atoms with Gasteiger partial charge in [-0.3, -0.25) is 4.79 Å². The average molecular weight is 418 g/mol. The van der Waals surface area contributed by atoms with E-state index in [0.717, 1.165) is 47.8 Å². The van der Waals surface area contributed by atoms with Gasteiger partial charge in [0.15, 0.2) is 5.65 Å². The van der Waals surface area contributed by atoms with Gasteiger partial charge in [-0.25, -0.2) is 14.5 Å². The number of hydrogen-bond acceptors (Lipinski definition) is 5. The molecule has 1 aromatic carbocycles. The largest absolute Gasteiger partial charge is 0.368 e. The Morgan fingerprint density at radius 3 is 2.68 bits per heavy atom. The highest BCUT2D eigenvalue weighted by Crippen LogP contribution is 2.21. The molecule has 4 rings (SSSR count). The Hall–Kier alpha value is -3.68. The zero-order valence-corrected chi connectivity index (χ0v) is 17.8. The molecule has 0 aliphatic heterocycles. The molecule has 0 fully saturated rings. The Balaban J connectivity index is 1.45. The van der Waals surface area contributed by atoms with Crippen molar-refractivity contribution in [3.63, 3.8) is 0 Å². The summed E-state index contributed by atoms with van der Waals surface area (Å²) in [4.78, 5) is 23.9. The summed E-state index contributed by atoms with van der Waals surface area (Å²) in [6.07, 6.45) is 7.10. The van der Waals surface area contributed by atoms with Crippen LogP contribution in [0.15, 0.2) is 55.1 Å². The van der Waals surface area contributed by atoms with Crippen molar-refractivity contribution in [2.75, 3.05) is 18.4 Å². The Labute approximate surface area is 181 Å². The lowest BCUT2D eigenvalue weighted by Gasteiger charge is -2.08. The van der Waals surface area contributed by atoms with E-state index in [2.05, 4.69) is 44.5 Å². The number of hydrogen-bond donors (Lipinski definition) is 3. The fraction of sp³-hybridized carbons (Fsp3) is 0.304. The molecule has 31 heavy (non-hydrogen) atoms.